The van der Waals surface area contributed by atoms with Crippen molar-refractivity contribution in [2.24, 2.45) is 0 Å². The van der Waals surface area contributed by atoms with Crippen LogP contribution in [-0.2, 0) is 5.67 Å². The number of alkyl halides is 7. The Kier molecular flexibility index (Phi) is 2.86. The Hall–Kier alpha value is -1.34. The molecule has 0 unspecified atom stereocenters. The summed E-state index contributed by atoms with van der Waals surface area (Å²) in [4.78, 5) is 2.91. The van der Waals surface area contributed by atoms with Gasteiger partial charge >= 0.3 is 18.0 Å². The van der Waals surface area contributed by atoms with E-state index in [9.17, 15) is 30.7 Å². The van der Waals surface area contributed by atoms with Crippen molar-refractivity contribution in [3.05, 3.63) is 30.1 Å². The molecule has 8 heteroatoms. The smallest absolute Gasteiger partial charge is 0.254 e. The summed E-state index contributed by atoms with van der Waals surface area (Å²) in [6.45, 7) is 0. The fraction of sp³-hybridized carbons (Fsp3) is 0.375. The van der Waals surface area contributed by atoms with Gasteiger partial charge in [-0.15, -0.1) is 0 Å². The van der Waals surface area contributed by atoms with Crippen molar-refractivity contribution in [1.82, 2.24) is 4.98 Å². The van der Waals surface area contributed by atoms with E-state index in [1.54, 1.807) is 0 Å². The van der Waals surface area contributed by atoms with Gasteiger partial charge < -0.3 is 0 Å². The van der Waals surface area contributed by atoms with E-state index >= 15 is 0 Å². The van der Waals surface area contributed by atoms with E-state index in [1.165, 1.54) is 6.20 Å². The Morgan fingerprint density at radius 2 is 1.44 bits per heavy atom. The van der Waals surface area contributed by atoms with Crippen LogP contribution in [0, 0.1) is 6.20 Å². The molecule has 0 aliphatic heterocycles. The summed E-state index contributed by atoms with van der Waals surface area (Å²) in [6.07, 6.45) is -10.00. The van der Waals surface area contributed by atoms with Crippen LogP contribution in [0.5, 0.6) is 0 Å². The molecule has 0 aliphatic carbocycles. The molecule has 0 spiro atoms. The van der Waals surface area contributed by atoms with Crippen molar-refractivity contribution in [3.8, 4) is 0 Å². The molecule has 1 aromatic heterocycles. The van der Waals surface area contributed by atoms with Crippen LogP contribution in [0.4, 0.5) is 30.7 Å². The van der Waals surface area contributed by atoms with E-state index in [0.717, 1.165) is 12.3 Å². The average molecular weight is 246 g/mol. The lowest BCUT2D eigenvalue weighted by Crippen LogP contribution is -2.50. The minimum Gasteiger partial charge on any atom is -0.254 e. The summed E-state index contributed by atoms with van der Waals surface area (Å²) < 4.78 is 86.1. The summed E-state index contributed by atoms with van der Waals surface area (Å²) in [5.41, 5.74) is -7.16. The first kappa shape index (κ1) is 12.7. The summed E-state index contributed by atoms with van der Waals surface area (Å²) in [5.74, 6) is 0. The maximum absolute atomic E-state index is 13.2. The van der Waals surface area contributed by atoms with Crippen LogP contribution >= 0.6 is 0 Å². The summed E-state index contributed by atoms with van der Waals surface area (Å²) >= 11 is 0. The maximum Gasteiger partial charge on any atom is 0.436 e. The number of pyridine rings is 1. The van der Waals surface area contributed by atoms with Gasteiger partial charge in [-0.2, -0.15) is 26.3 Å². The van der Waals surface area contributed by atoms with Gasteiger partial charge in [0.15, 0.2) is 0 Å². The topological polar surface area (TPSA) is 12.9 Å². The zero-order chi connectivity index (χ0) is 12.6. The second-order valence-electron chi connectivity index (χ2n) is 2.82. The highest BCUT2D eigenvalue weighted by atomic mass is 19.4. The van der Waals surface area contributed by atoms with Crippen LogP contribution in [0.15, 0.2) is 18.3 Å². The molecule has 1 aromatic rings. The largest absolute Gasteiger partial charge is 0.436 e. The van der Waals surface area contributed by atoms with E-state index in [0.29, 0.717) is 6.07 Å². The molecule has 0 amide bonds. The molecule has 1 nitrogen and oxygen atoms in total. The molecule has 89 valence electrons. The molecule has 0 N–H and O–H groups in total. The van der Waals surface area contributed by atoms with Gasteiger partial charge in [-0.05, 0) is 6.07 Å². The zero-order valence-corrected chi connectivity index (χ0v) is 7.33. The van der Waals surface area contributed by atoms with Crippen molar-refractivity contribution in [2.45, 2.75) is 18.0 Å². The summed E-state index contributed by atoms with van der Waals surface area (Å²) in [5, 5.41) is 0. The van der Waals surface area contributed by atoms with Gasteiger partial charge in [0.2, 0.25) is 0 Å². The predicted octanol–water partition coefficient (Wildman–Crippen LogP) is 3.17. The van der Waals surface area contributed by atoms with Crippen molar-refractivity contribution < 1.29 is 30.7 Å². The molecule has 1 rings (SSSR count). The fourth-order valence-corrected chi connectivity index (χ4v) is 0.984. The van der Waals surface area contributed by atoms with Crippen LogP contribution in [0.3, 0.4) is 0 Å². The lowest BCUT2D eigenvalue weighted by molar-refractivity contribution is -0.348. The molecule has 0 bridgehead atoms. The SMILES string of the molecule is FC(F)(F)C(F)(c1[c]nccc1)C(F)(F)F. The Bertz CT molecular complexity index is 339. The van der Waals surface area contributed by atoms with E-state index in [1.807, 2.05) is 0 Å². The highest BCUT2D eigenvalue weighted by molar-refractivity contribution is 5.22. The zero-order valence-electron chi connectivity index (χ0n) is 7.33. The number of halogens is 7. The summed E-state index contributed by atoms with van der Waals surface area (Å²) in [6, 6.07) is 1.09. The Labute approximate surface area is 84.9 Å². The van der Waals surface area contributed by atoms with Gasteiger partial charge in [0.1, 0.15) is 0 Å². The minimum absolute atomic E-state index is 0.327. The van der Waals surface area contributed by atoms with Crippen molar-refractivity contribution >= 4 is 0 Å². The first-order valence-electron chi connectivity index (χ1n) is 3.76. The van der Waals surface area contributed by atoms with Crippen LogP contribution in [0.1, 0.15) is 5.56 Å². The molecule has 0 saturated carbocycles. The molecule has 1 heterocycles. The first-order chi connectivity index (χ1) is 7.11. The normalized spacial score (nSPS) is 13.9. The van der Waals surface area contributed by atoms with Gasteiger partial charge in [0.05, 0.1) is 6.20 Å². The highest BCUT2D eigenvalue weighted by Gasteiger charge is 2.73. The standard InChI is InChI=1S/C8H3F7N/c9-6(7(10,11)12,8(13,14)15)5-2-1-3-16-4-5/h1-3H. The number of nitrogens with zero attached hydrogens (tertiary/aromatic N) is 1. The molecule has 0 atom stereocenters. The Balaban J connectivity index is 3.39. The number of rotatable bonds is 1. The maximum atomic E-state index is 13.2. The lowest BCUT2D eigenvalue weighted by Gasteiger charge is -2.29. The van der Waals surface area contributed by atoms with E-state index in [4.69, 9.17) is 0 Å². The lowest BCUT2D eigenvalue weighted by atomic mass is 9.96. The van der Waals surface area contributed by atoms with Gasteiger partial charge in [-0.25, -0.2) is 4.39 Å². The quantitative estimate of drug-likeness (QED) is 0.693. The molecule has 0 aromatic carbocycles. The number of hydrogen-bond donors (Lipinski definition) is 0. The molecule has 16 heavy (non-hydrogen) atoms. The van der Waals surface area contributed by atoms with Crippen LogP contribution in [0.2, 0.25) is 0 Å². The first-order valence-corrected chi connectivity index (χ1v) is 3.76. The molecule has 0 fully saturated rings. The van der Waals surface area contributed by atoms with Gasteiger partial charge in [-0.3, -0.25) is 4.98 Å². The second-order valence-corrected chi connectivity index (χ2v) is 2.82. The number of hydrogen-bond acceptors (Lipinski definition) is 1. The molecular formula is C8H3F7N. The average Bonchev–Trinajstić information content (AvgIpc) is 2.14. The summed E-state index contributed by atoms with van der Waals surface area (Å²) in [7, 11) is 0. The van der Waals surface area contributed by atoms with Crippen molar-refractivity contribution in [3.63, 3.8) is 0 Å². The van der Waals surface area contributed by atoms with Gasteiger partial charge in [-0.1, -0.05) is 6.07 Å². The predicted molar refractivity (Wildman–Crippen MR) is 38.0 cm³/mol. The fourth-order valence-electron chi connectivity index (χ4n) is 0.984. The molecule has 0 aliphatic rings. The Morgan fingerprint density at radius 3 is 1.75 bits per heavy atom. The van der Waals surface area contributed by atoms with Crippen molar-refractivity contribution in [1.29, 1.82) is 0 Å². The van der Waals surface area contributed by atoms with Crippen molar-refractivity contribution in [2.75, 3.05) is 0 Å². The molecule has 1 radical (unpaired) electrons. The molecule has 0 saturated heterocycles. The number of aromatic nitrogens is 1. The monoisotopic (exact) mass is 246 g/mol. The van der Waals surface area contributed by atoms with Crippen LogP contribution < -0.4 is 0 Å². The third-order valence-corrected chi connectivity index (χ3v) is 1.76. The van der Waals surface area contributed by atoms with Gasteiger partial charge in [0.25, 0.3) is 0 Å². The Morgan fingerprint density at radius 1 is 0.938 bits per heavy atom. The van der Waals surface area contributed by atoms with Gasteiger partial charge in [0, 0.05) is 11.8 Å². The minimum atomic E-state index is -6.12. The third-order valence-electron chi connectivity index (χ3n) is 1.76. The van der Waals surface area contributed by atoms with E-state index < -0.39 is 23.6 Å². The third kappa shape index (κ3) is 1.83. The van der Waals surface area contributed by atoms with E-state index in [-0.39, 0.29) is 0 Å². The van der Waals surface area contributed by atoms with Crippen LogP contribution in [0.25, 0.3) is 0 Å². The molecular weight excluding hydrogens is 243 g/mol. The van der Waals surface area contributed by atoms with E-state index in [2.05, 4.69) is 4.98 Å². The highest BCUT2D eigenvalue weighted by Crippen LogP contribution is 2.52. The second kappa shape index (κ2) is 3.60. The van der Waals surface area contributed by atoms with Crippen LogP contribution in [-0.4, -0.2) is 17.3 Å².